The van der Waals surface area contributed by atoms with E-state index >= 15 is 0 Å². The molecular formula is C16H24N2O3. The maximum atomic E-state index is 12.3. The molecule has 2 amide bonds. The Morgan fingerprint density at radius 2 is 2.38 bits per heavy atom. The van der Waals surface area contributed by atoms with E-state index in [2.05, 4.69) is 5.32 Å². The van der Waals surface area contributed by atoms with Crippen LogP contribution in [0.1, 0.15) is 38.4 Å². The number of likely N-dealkylation sites (tertiary alicyclic amines) is 1. The summed E-state index contributed by atoms with van der Waals surface area (Å²) in [5.41, 5.74) is 1.50. The van der Waals surface area contributed by atoms with Crippen molar-refractivity contribution in [2.75, 3.05) is 25.0 Å². The van der Waals surface area contributed by atoms with Gasteiger partial charge in [-0.3, -0.25) is 0 Å². The number of piperidine rings is 1. The fourth-order valence-corrected chi connectivity index (χ4v) is 2.57. The van der Waals surface area contributed by atoms with E-state index in [4.69, 9.17) is 4.74 Å². The number of carbonyl (C=O) groups excluding carboxylic acids is 1. The van der Waals surface area contributed by atoms with Crippen molar-refractivity contribution in [2.24, 2.45) is 0 Å². The van der Waals surface area contributed by atoms with Crippen LogP contribution in [0, 0.1) is 0 Å². The van der Waals surface area contributed by atoms with Crippen LogP contribution in [0.15, 0.2) is 24.3 Å². The highest BCUT2D eigenvalue weighted by atomic mass is 16.5. The summed E-state index contributed by atoms with van der Waals surface area (Å²) in [6.45, 7) is 5.75. The number of aliphatic hydroxyl groups is 1. The Morgan fingerprint density at radius 3 is 3.10 bits per heavy atom. The van der Waals surface area contributed by atoms with Crippen LogP contribution in [0.2, 0.25) is 0 Å². The predicted octanol–water partition coefficient (Wildman–Crippen LogP) is 2.77. The monoisotopic (exact) mass is 292 g/mol. The lowest BCUT2D eigenvalue weighted by Crippen LogP contribution is -2.45. The average Bonchev–Trinajstić information content (AvgIpc) is 2.48. The number of nitrogens with one attached hydrogen (secondary N) is 1. The van der Waals surface area contributed by atoms with Gasteiger partial charge in [0.15, 0.2) is 0 Å². The van der Waals surface area contributed by atoms with Crippen LogP contribution in [-0.2, 0) is 4.74 Å². The van der Waals surface area contributed by atoms with Crippen molar-refractivity contribution in [2.45, 2.75) is 38.9 Å². The number of hydrogen-bond donors (Lipinski definition) is 2. The molecule has 1 fully saturated rings. The summed E-state index contributed by atoms with van der Waals surface area (Å²) in [6, 6.07) is 7.19. The summed E-state index contributed by atoms with van der Waals surface area (Å²) in [5.74, 6) is 0. The van der Waals surface area contributed by atoms with E-state index in [0.29, 0.717) is 18.8 Å². The van der Waals surface area contributed by atoms with Gasteiger partial charge in [-0.05, 0) is 44.4 Å². The van der Waals surface area contributed by atoms with Gasteiger partial charge in [-0.25, -0.2) is 4.79 Å². The normalized spacial score (nSPS) is 20.1. The lowest BCUT2D eigenvalue weighted by Gasteiger charge is -2.32. The summed E-state index contributed by atoms with van der Waals surface area (Å²) >= 11 is 0. The van der Waals surface area contributed by atoms with E-state index in [0.717, 1.165) is 24.9 Å². The van der Waals surface area contributed by atoms with E-state index in [1.54, 1.807) is 17.9 Å². The van der Waals surface area contributed by atoms with Gasteiger partial charge in [0, 0.05) is 25.4 Å². The first kappa shape index (κ1) is 15.8. The molecule has 1 heterocycles. The van der Waals surface area contributed by atoms with Gasteiger partial charge < -0.3 is 20.1 Å². The molecule has 2 atom stereocenters. The number of amides is 2. The highest BCUT2D eigenvalue weighted by molar-refractivity contribution is 5.89. The molecule has 5 heteroatoms. The molecule has 0 aromatic heterocycles. The van der Waals surface area contributed by atoms with Crippen molar-refractivity contribution in [1.82, 2.24) is 4.90 Å². The van der Waals surface area contributed by atoms with Crippen LogP contribution in [0.4, 0.5) is 10.5 Å². The first-order chi connectivity index (χ1) is 10.1. The quantitative estimate of drug-likeness (QED) is 0.897. The molecule has 1 aromatic rings. The molecule has 2 N–H and O–H groups in total. The van der Waals surface area contributed by atoms with Crippen LogP contribution >= 0.6 is 0 Å². The molecule has 2 rings (SSSR count). The molecule has 1 saturated heterocycles. The number of urea groups is 1. The third-order valence-electron chi connectivity index (χ3n) is 3.69. The zero-order valence-electron chi connectivity index (χ0n) is 12.7. The number of anilines is 1. The minimum absolute atomic E-state index is 0.109. The SMILES string of the molecule is CCOC1CCCN(C(=O)Nc2cccc(C(C)O)c2)C1. The van der Waals surface area contributed by atoms with E-state index in [-0.39, 0.29) is 12.1 Å². The number of benzene rings is 1. The molecular weight excluding hydrogens is 268 g/mol. The molecule has 0 bridgehead atoms. The van der Waals surface area contributed by atoms with Crippen molar-refractivity contribution in [3.8, 4) is 0 Å². The van der Waals surface area contributed by atoms with Crippen molar-refractivity contribution in [3.05, 3.63) is 29.8 Å². The van der Waals surface area contributed by atoms with Gasteiger partial charge in [-0.15, -0.1) is 0 Å². The molecule has 0 spiro atoms. The van der Waals surface area contributed by atoms with Crippen LogP contribution in [0.5, 0.6) is 0 Å². The summed E-state index contributed by atoms with van der Waals surface area (Å²) in [5, 5.41) is 12.5. The topological polar surface area (TPSA) is 61.8 Å². The van der Waals surface area contributed by atoms with Gasteiger partial charge in [-0.2, -0.15) is 0 Å². The Hall–Kier alpha value is -1.59. The standard InChI is InChI=1S/C16H24N2O3/c1-3-21-15-8-5-9-18(11-15)16(20)17-14-7-4-6-13(10-14)12(2)19/h4,6-7,10,12,15,19H,3,5,8-9,11H2,1-2H3,(H,17,20). The predicted molar refractivity (Wildman–Crippen MR) is 82.3 cm³/mol. The third-order valence-corrected chi connectivity index (χ3v) is 3.69. The molecule has 0 saturated carbocycles. The molecule has 21 heavy (non-hydrogen) atoms. The fraction of sp³-hybridized carbons (Fsp3) is 0.562. The van der Waals surface area contributed by atoms with Crippen molar-refractivity contribution in [1.29, 1.82) is 0 Å². The largest absolute Gasteiger partial charge is 0.389 e. The average molecular weight is 292 g/mol. The second kappa shape index (κ2) is 7.43. The Bertz CT molecular complexity index is 474. The first-order valence-corrected chi connectivity index (χ1v) is 7.55. The molecule has 1 aromatic carbocycles. The number of ether oxygens (including phenoxy) is 1. The summed E-state index contributed by atoms with van der Waals surface area (Å²) < 4.78 is 5.61. The van der Waals surface area contributed by atoms with Gasteiger partial charge in [0.05, 0.1) is 12.2 Å². The highest BCUT2D eigenvalue weighted by Gasteiger charge is 2.23. The van der Waals surface area contributed by atoms with E-state index in [1.807, 2.05) is 25.1 Å². The molecule has 116 valence electrons. The van der Waals surface area contributed by atoms with E-state index in [9.17, 15) is 9.90 Å². The van der Waals surface area contributed by atoms with E-state index < -0.39 is 6.10 Å². The fourth-order valence-electron chi connectivity index (χ4n) is 2.57. The Morgan fingerprint density at radius 1 is 1.57 bits per heavy atom. The zero-order chi connectivity index (χ0) is 15.2. The van der Waals surface area contributed by atoms with Gasteiger partial charge in [-0.1, -0.05) is 12.1 Å². The number of hydrogen-bond acceptors (Lipinski definition) is 3. The maximum absolute atomic E-state index is 12.3. The van der Waals surface area contributed by atoms with Gasteiger partial charge in [0.25, 0.3) is 0 Å². The summed E-state index contributed by atoms with van der Waals surface area (Å²) in [6.07, 6.45) is 1.57. The lowest BCUT2D eigenvalue weighted by atomic mass is 10.1. The smallest absolute Gasteiger partial charge is 0.321 e. The van der Waals surface area contributed by atoms with Gasteiger partial charge in [0.1, 0.15) is 0 Å². The Kier molecular flexibility index (Phi) is 5.59. The van der Waals surface area contributed by atoms with Crippen LogP contribution in [0.25, 0.3) is 0 Å². The molecule has 0 radical (unpaired) electrons. The minimum atomic E-state index is -0.542. The zero-order valence-corrected chi connectivity index (χ0v) is 12.7. The number of nitrogens with zero attached hydrogens (tertiary/aromatic N) is 1. The number of carbonyl (C=O) groups is 1. The number of aliphatic hydroxyl groups excluding tert-OH is 1. The van der Waals surface area contributed by atoms with E-state index in [1.165, 1.54) is 0 Å². The van der Waals surface area contributed by atoms with Crippen LogP contribution in [-0.4, -0.2) is 41.8 Å². The number of rotatable bonds is 4. The minimum Gasteiger partial charge on any atom is -0.389 e. The first-order valence-electron chi connectivity index (χ1n) is 7.55. The highest BCUT2D eigenvalue weighted by Crippen LogP contribution is 2.19. The molecule has 5 nitrogen and oxygen atoms in total. The third kappa shape index (κ3) is 4.44. The maximum Gasteiger partial charge on any atom is 0.321 e. The lowest BCUT2D eigenvalue weighted by molar-refractivity contribution is 0.0181. The second-order valence-corrected chi connectivity index (χ2v) is 5.40. The van der Waals surface area contributed by atoms with Gasteiger partial charge >= 0.3 is 6.03 Å². The summed E-state index contributed by atoms with van der Waals surface area (Å²) in [7, 11) is 0. The Labute approximate surface area is 125 Å². The second-order valence-electron chi connectivity index (χ2n) is 5.40. The molecule has 1 aliphatic heterocycles. The van der Waals surface area contributed by atoms with Crippen molar-refractivity contribution in [3.63, 3.8) is 0 Å². The molecule has 2 unspecified atom stereocenters. The van der Waals surface area contributed by atoms with Crippen LogP contribution in [0.3, 0.4) is 0 Å². The Balaban J connectivity index is 1.96. The van der Waals surface area contributed by atoms with Gasteiger partial charge in [0.2, 0.25) is 0 Å². The van der Waals surface area contributed by atoms with Crippen molar-refractivity contribution < 1.29 is 14.6 Å². The summed E-state index contributed by atoms with van der Waals surface area (Å²) in [4.78, 5) is 14.1. The molecule has 1 aliphatic rings. The molecule has 0 aliphatic carbocycles. The van der Waals surface area contributed by atoms with Crippen molar-refractivity contribution >= 4 is 11.7 Å². The van der Waals surface area contributed by atoms with Crippen LogP contribution < -0.4 is 5.32 Å².